The maximum Gasteiger partial charge on any atom is 0.0541 e. The summed E-state index contributed by atoms with van der Waals surface area (Å²) in [7, 11) is 0. The van der Waals surface area contributed by atoms with E-state index in [0.29, 0.717) is 0 Å². The zero-order valence-electron chi connectivity index (χ0n) is 13.7. The summed E-state index contributed by atoms with van der Waals surface area (Å²) in [4.78, 5) is 0. The van der Waals surface area contributed by atoms with Gasteiger partial charge in [0.05, 0.1) is 11.0 Å². The molecule has 0 aliphatic heterocycles. The number of benzene rings is 3. The fourth-order valence-electron chi connectivity index (χ4n) is 2.94. The van der Waals surface area contributed by atoms with Crippen LogP contribution in [0.25, 0.3) is 27.5 Å². The molecule has 0 saturated heterocycles. The summed E-state index contributed by atoms with van der Waals surface area (Å²) in [5, 5.41) is 2.64. The minimum atomic E-state index is 0.750. The quantitative estimate of drug-likeness (QED) is 0.523. The summed E-state index contributed by atoms with van der Waals surface area (Å²) in [6.45, 7) is 4.80. The summed E-state index contributed by atoms with van der Waals surface area (Å²) in [5.41, 5.74) is 9.89. The molecular weight excluding hydrogens is 280 g/mol. The van der Waals surface area contributed by atoms with Gasteiger partial charge in [-0.25, -0.2) is 0 Å². The minimum absolute atomic E-state index is 0.750. The molecule has 0 radical (unpaired) electrons. The van der Waals surface area contributed by atoms with E-state index in [1.54, 1.807) is 0 Å². The van der Waals surface area contributed by atoms with E-state index in [1.807, 2.05) is 6.92 Å². The average molecular weight is 302 g/mol. The lowest BCUT2D eigenvalue weighted by Gasteiger charge is -2.07. The first-order valence-electron chi connectivity index (χ1n) is 8.01. The number of nitrogens with zero attached hydrogens (tertiary/aromatic N) is 1. The van der Waals surface area contributed by atoms with Crippen molar-refractivity contribution in [2.45, 2.75) is 13.8 Å². The summed E-state index contributed by atoms with van der Waals surface area (Å²) in [5.74, 6) is 0. The van der Waals surface area contributed by atoms with E-state index in [0.717, 1.165) is 6.54 Å². The average Bonchev–Trinajstić information content (AvgIpc) is 2.90. The lowest BCUT2D eigenvalue weighted by Crippen LogP contribution is -1.92. The third kappa shape index (κ3) is 2.86. The number of para-hydroxylation sites is 2. The molecule has 0 bridgehead atoms. The van der Waals surface area contributed by atoms with Crippen LogP contribution >= 0.6 is 0 Å². The van der Waals surface area contributed by atoms with Crippen molar-refractivity contribution >= 4 is 21.8 Å². The van der Waals surface area contributed by atoms with Gasteiger partial charge in [-0.2, -0.15) is 0 Å². The van der Waals surface area contributed by atoms with Gasteiger partial charge >= 0.3 is 0 Å². The van der Waals surface area contributed by atoms with Gasteiger partial charge in [-0.3, -0.25) is 0 Å². The van der Waals surface area contributed by atoms with Crippen molar-refractivity contribution in [2.75, 3.05) is 6.54 Å². The Morgan fingerprint density at radius 2 is 1.39 bits per heavy atom. The van der Waals surface area contributed by atoms with Gasteiger partial charge in [0, 0.05) is 16.5 Å². The van der Waals surface area contributed by atoms with Crippen LogP contribution in [-0.2, 0) is 0 Å². The summed E-state index contributed by atoms with van der Waals surface area (Å²) in [6, 6.07) is 25.8. The molecule has 0 spiro atoms. The molecule has 4 rings (SSSR count). The molecule has 2 nitrogen and oxygen atoms in total. The van der Waals surface area contributed by atoms with Crippen molar-refractivity contribution in [3.8, 4) is 5.69 Å². The summed E-state index contributed by atoms with van der Waals surface area (Å²) >= 11 is 0. The first-order chi connectivity index (χ1) is 11.3. The number of hydrogen-bond donors (Lipinski definition) is 1. The van der Waals surface area contributed by atoms with E-state index in [2.05, 4.69) is 84.3 Å². The number of nitrogens with two attached hydrogens (primary N) is 1. The van der Waals surface area contributed by atoms with Gasteiger partial charge in [-0.1, -0.05) is 55.0 Å². The van der Waals surface area contributed by atoms with Crippen molar-refractivity contribution in [1.29, 1.82) is 0 Å². The number of rotatable bonds is 1. The van der Waals surface area contributed by atoms with Crippen LogP contribution in [0.5, 0.6) is 0 Å². The van der Waals surface area contributed by atoms with Crippen molar-refractivity contribution in [3.05, 3.63) is 78.4 Å². The molecule has 0 unspecified atom stereocenters. The maximum atomic E-state index is 4.85. The van der Waals surface area contributed by atoms with Crippen molar-refractivity contribution in [1.82, 2.24) is 4.57 Å². The lowest BCUT2D eigenvalue weighted by molar-refractivity contribution is 1.14. The Hall–Kier alpha value is -2.58. The molecular formula is C21H22N2. The molecule has 1 heterocycles. The Bertz CT molecular complexity index is 921. The van der Waals surface area contributed by atoms with Gasteiger partial charge < -0.3 is 10.3 Å². The Kier molecular flexibility index (Phi) is 4.45. The predicted octanol–water partition coefficient (Wildman–Crippen LogP) is 5.06. The predicted molar refractivity (Wildman–Crippen MR) is 100 cm³/mol. The number of fused-ring (bicyclic) bond motifs is 3. The molecule has 3 aromatic carbocycles. The van der Waals surface area contributed by atoms with Crippen molar-refractivity contribution in [2.24, 2.45) is 5.73 Å². The highest BCUT2D eigenvalue weighted by molar-refractivity contribution is 6.09. The molecule has 2 N–H and O–H groups in total. The van der Waals surface area contributed by atoms with Crippen LogP contribution in [0.1, 0.15) is 12.5 Å². The highest BCUT2D eigenvalue weighted by Gasteiger charge is 2.11. The fourth-order valence-corrected chi connectivity index (χ4v) is 2.94. The van der Waals surface area contributed by atoms with Crippen molar-refractivity contribution < 1.29 is 0 Å². The largest absolute Gasteiger partial charge is 0.331 e. The van der Waals surface area contributed by atoms with Gasteiger partial charge in [0.25, 0.3) is 0 Å². The normalized spacial score (nSPS) is 10.6. The molecule has 0 amide bonds. The zero-order chi connectivity index (χ0) is 16.2. The first-order valence-corrected chi connectivity index (χ1v) is 8.01. The molecule has 23 heavy (non-hydrogen) atoms. The minimum Gasteiger partial charge on any atom is -0.331 e. The molecule has 4 aromatic rings. The van der Waals surface area contributed by atoms with E-state index in [1.165, 1.54) is 33.1 Å². The van der Waals surface area contributed by atoms with Gasteiger partial charge in [0.2, 0.25) is 0 Å². The maximum absolute atomic E-state index is 4.85. The van der Waals surface area contributed by atoms with E-state index in [-0.39, 0.29) is 0 Å². The molecule has 0 aliphatic carbocycles. The standard InChI is InChI=1S/C19H15N.C2H7N/c1-14-11-12-19-17(13-14)16-9-5-6-10-18(16)20(19)15-7-3-2-4-8-15;1-2-3/h2-13H,1H3;2-3H2,1H3. The third-order valence-corrected chi connectivity index (χ3v) is 3.84. The van der Waals surface area contributed by atoms with Crippen LogP contribution in [0.2, 0.25) is 0 Å². The van der Waals surface area contributed by atoms with Crippen LogP contribution in [0, 0.1) is 6.92 Å². The topological polar surface area (TPSA) is 30.9 Å². The Morgan fingerprint density at radius 1 is 0.783 bits per heavy atom. The lowest BCUT2D eigenvalue weighted by atomic mass is 10.1. The number of aromatic nitrogens is 1. The van der Waals surface area contributed by atoms with Gasteiger partial charge in [-0.05, 0) is 43.8 Å². The van der Waals surface area contributed by atoms with Crippen LogP contribution in [0.4, 0.5) is 0 Å². The highest BCUT2D eigenvalue weighted by atomic mass is 15.0. The van der Waals surface area contributed by atoms with Crippen LogP contribution < -0.4 is 5.73 Å². The Morgan fingerprint density at radius 3 is 2.13 bits per heavy atom. The second kappa shape index (κ2) is 6.67. The number of aryl methyl sites for hydroxylation is 1. The van der Waals surface area contributed by atoms with E-state index < -0.39 is 0 Å². The molecule has 116 valence electrons. The highest BCUT2D eigenvalue weighted by Crippen LogP contribution is 2.32. The SMILES string of the molecule is CCN.Cc1ccc2c(c1)c1ccccc1n2-c1ccccc1. The van der Waals surface area contributed by atoms with Gasteiger partial charge in [0.15, 0.2) is 0 Å². The van der Waals surface area contributed by atoms with E-state index in [9.17, 15) is 0 Å². The second-order valence-electron chi connectivity index (χ2n) is 5.62. The first kappa shape index (κ1) is 15.3. The van der Waals surface area contributed by atoms with E-state index >= 15 is 0 Å². The van der Waals surface area contributed by atoms with Gasteiger partial charge in [0.1, 0.15) is 0 Å². The molecule has 1 aromatic heterocycles. The molecule has 2 heteroatoms. The number of hydrogen-bond acceptors (Lipinski definition) is 1. The third-order valence-electron chi connectivity index (χ3n) is 3.84. The molecule has 0 saturated carbocycles. The molecule has 0 fully saturated rings. The van der Waals surface area contributed by atoms with Crippen LogP contribution in [0.3, 0.4) is 0 Å². The molecule has 0 aliphatic rings. The smallest absolute Gasteiger partial charge is 0.0541 e. The fraction of sp³-hybridized carbons (Fsp3) is 0.143. The van der Waals surface area contributed by atoms with E-state index in [4.69, 9.17) is 5.73 Å². The Balaban J connectivity index is 0.000000485. The van der Waals surface area contributed by atoms with Crippen LogP contribution in [0.15, 0.2) is 72.8 Å². The Labute approximate surface area is 137 Å². The van der Waals surface area contributed by atoms with Gasteiger partial charge in [-0.15, -0.1) is 0 Å². The molecule has 0 atom stereocenters. The summed E-state index contributed by atoms with van der Waals surface area (Å²) in [6.07, 6.45) is 0. The van der Waals surface area contributed by atoms with Crippen molar-refractivity contribution in [3.63, 3.8) is 0 Å². The zero-order valence-corrected chi connectivity index (χ0v) is 13.7. The summed E-state index contributed by atoms with van der Waals surface area (Å²) < 4.78 is 2.34. The second-order valence-corrected chi connectivity index (χ2v) is 5.62. The monoisotopic (exact) mass is 302 g/mol. The van der Waals surface area contributed by atoms with Crippen LogP contribution in [-0.4, -0.2) is 11.1 Å².